The van der Waals surface area contributed by atoms with Gasteiger partial charge >= 0.3 is 0 Å². The van der Waals surface area contributed by atoms with Gasteiger partial charge in [-0.25, -0.2) is 0 Å². The molecule has 3 heteroatoms. The molecule has 0 aliphatic carbocycles. The number of benzene rings is 1. The highest BCUT2D eigenvalue weighted by Gasteiger charge is 2.01. The van der Waals surface area contributed by atoms with Gasteiger partial charge in [-0.05, 0) is 17.7 Å². The number of thiophene rings is 1. The Morgan fingerprint density at radius 1 is 1.18 bits per heavy atom. The van der Waals surface area contributed by atoms with E-state index >= 15 is 0 Å². The number of halogens is 1. The molecule has 1 nitrogen and oxygen atoms in total. The lowest BCUT2D eigenvalue weighted by molar-refractivity contribution is 0.765. The van der Waals surface area contributed by atoms with Crippen molar-refractivity contribution in [3.8, 4) is 10.4 Å². The predicted octanol–water partition coefficient (Wildman–Crippen LogP) is 4.26. The predicted molar refractivity (Wildman–Crippen MR) is 76.5 cm³/mol. The van der Waals surface area contributed by atoms with Crippen LogP contribution in [0.3, 0.4) is 0 Å². The molecule has 0 saturated carbocycles. The van der Waals surface area contributed by atoms with Gasteiger partial charge in [0.2, 0.25) is 0 Å². The van der Waals surface area contributed by atoms with Gasteiger partial charge in [-0.3, -0.25) is 0 Å². The van der Waals surface area contributed by atoms with Crippen molar-refractivity contribution in [2.75, 3.05) is 6.54 Å². The van der Waals surface area contributed by atoms with E-state index in [1.807, 2.05) is 6.07 Å². The first kappa shape index (κ1) is 12.4. The lowest BCUT2D eigenvalue weighted by atomic mass is 10.2. The van der Waals surface area contributed by atoms with E-state index in [1.54, 1.807) is 11.3 Å². The molecule has 1 N–H and O–H groups in total. The van der Waals surface area contributed by atoms with Crippen molar-refractivity contribution < 1.29 is 0 Å². The van der Waals surface area contributed by atoms with Crippen molar-refractivity contribution in [1.82, 2.24) is 5.32 Å². The summed E-state index contributed by atoms with van der Waals surface area (Å²) in [6.45, 7) is 5.13. The zero-order valence-electron chi connectivity index (χ0n) is 9.45. The zero-order chi connectivity index (χ0) is 12.1. The second-order valence-electron chi connectivity index (χ2n) is 3.75. The van der Waals surface area contributed by atoms with E-state index < -0.39 is 0 Å². The third kappa shape index (κ3) is 3.70. The highest BCUT2D eigenvalue weighted by atomic mass is 35.5. The summed E-state index contributed by atoms with van der Waals surface area (Å²) in [5, 5.41) is 3.89. The van der Waals surface area contributed by atoms with Crippen molar-refractivity contribution in [1.29, 1.82) is 0 Å². The highest BCUT2D eigenvalue weighted by Crippen LogP contribution is 2.27. The zero-order valence-corrected chi connectivity index (χ0v) is 11.0. The normalized spacial score (nSPS) is 10.4. The molecular formula is C14H14ClNS. The number of rotatable bonds is 5. The number of hydrogen-bond donors (Lipinski definition) is 1. The molecule has 88 valence electrons. The summed E-state index contributed by atoms with van der Waals surface area (Å²) in [5.74, 6) is 0. The van der Waals surface area contributed by atoms with Gasteiger partial charge in [-0.1, -0.05) is 48.5 Å². The third-order valence-electron chi connectivity index (χ3n) is 2.34. The molecule has 0 amide bonds. The monoisotopic (exact) mass is 263 g/mol. The fraction of sp³-hybridized carbons (Fsp3) is 0.143. The second-order valence-corrected chi connectivity index (χ2v) is 5.46. The quantitative estimate of drug-likeness (QED) is 0.850. The van der Waals surface area contributed by atoms with E-state index in [4.69, 9.17) is 11.6 Å². The van der Waals surface area contributed by atoms with Gasteiger partial charge in [0.15, 0.2) is 0 Å². The van der Waals surface area contributed by atoms with Crippen molar-refractivity contribution in [3.63, 3.8) is 0 Å². The molecule has 0 fully saturated rings. The number of nitrogens with one attached hydrogen (secondary N) is 1. The minimum Gasteiger partial charge on any atom is -0.307 e. The topological polar surface area (TPSA) is 12.0 Å². The largest absolute Gasteiger partial charge is 0.307 e. The van der Waals surface area contributed by atoms with E-state index in [9.17, 15) is 0 Å². The van der Waals surface area contributed by atoms with Crippen LogP contribution in [0, 0.1) is 0 Å². The van der Waals surface area contributed by atoms with Crippen LogP contribution in [-0.4, -0.2) is 6.54 Å². The average molecular weight is 264 g/mol. The molecule has 0 saturated heterocycles. The standard InChI is InChI=1S/C14H14ClNS/c1-11(15)9-16-10-13-7-8-14(17-13)12-5-3-2-4-6-12/h2-8,16H,1,9-10H2. The van der Waals surface area contributed by atoms with E-state index in [0.29, 0.717) is 11.6 Å². The summed E-state index contributed by atoms with van der Waals surface area (Å²) in [4.78, 5) is 2.61. The SMILES string of the molecule is C=C(Cl)CNCc1ccc(-c2ccccc2)s1. The van der Waals surface area contributed by atoms with Crippen molar-refractivity contribution in [2.45, 2.75) is 6.54 Å². The maximum Gasteiger partial charge on any atom is 0.0346 e. The maximum absolute atomic E-state index is 5.69. The Morgan fingerprint density at radius 2 is 1.94 bits per heavy atom. The fourth-order valence-corrected chi connectivity index (χ4v) is 2.63. The third-order valence-corrected chi connectivity index (χ3v) is 3.60. The van der Waals surface area contributed by atoms with E-state index in [2.05, 4.69) is 48.3 Å². The van der Waals surface area contributed by atoms with Gasteiger partial charge in [0.25, 0.3) is 0 Å². The molecule has 0 atom stereocenters. The summed E-state index contributed by atoms with van der Waals surface area (Å²) >= 11 is 7.49. The summed E-state index contributed by atoms with van der Waals surface area (Å²) in [6, 6.07) is 14.7. The molecule has 0 radical (unpaired) electrons. The average Bonchev–Trinajstić information content (AvgIpc) is 2.78. The van der Waals surface area contributed by atoms with Gasteiger partial charge in [0.1, 0.15) is 0 Å². The van der Waals surface area contributed by atoms with Crippen molar-refractivity contribution in [3.05, 3.63) is 59.0 Å². The minimum atomic E-state index is 0.643. The van der Waals surface area contributed by atoms with Crippen LogP contribution in [-0.2, 0) is 6.54 Å². The van der Waals surface area contributed by atoms with Gasteiger partial charge in [-0.15, -0.1) is 11.3 Å². The maximum atomic E-state index is 5.69. The van der Waals surface area contributed by atoms with Crippen LogP contribution in [0.4, 0.5) is 0 Å². The Balaban J connectivity index is 1.99. The molecule has 1 aromatic heterocycles. The van der Waals surface area contributed by atoms with Crippen LogP contribution < -0.4 is 5.32 Å². The number of hydrogen-bond acceptors (Lipinski definition) is 2. The summed E-state index contributed by atoms with van der Waals surface area (Å²) < 4.78 is 0. The lowest BCUT2D eigenvalue weighted by Gasteiger charge is -2.00. The first-order valence-corrected chi connectivity index (χ1v) is 6.63. The molecule has 0 unspecified atom stereocenters. The van der Waals surface area contributed by atoms with Crippen LogP contribution in [0.1, 0.15) is 4.88 Å². The molecule has 0 bridgehead atoms. The molecular weight excluding hydrogens is 250 g/mol. The van der Waals surface area contributed by atoms with Crippen LogP contribution in [0.25, 0.3) is 10.4 Å². The summed E-state index contributed by atoms with van der Waals surface area (Å²) in [6.07, 6.45) is 0. The Labute approximate surface area is 111 Å². The van der Waals surface area contributed by atoms with Crippen molar-refractivity contribution >= 4 is 22.9 Å². The van der Waals surface area contributed by atoms with Crippen LogP contribution in [0.15, 0.2) is 54.1 Å². The Morgan fingerprint density at radius 3 is 2.65 bits per heavy atom. The molecule has 0 aliphatic rings. The van der Waals surface area contributed by atoms with Gasteiger partial charge in [0, 0.05) is 27.9 Å². The minimum absolute atomic E-state index is 0.643. The Kier molecular flexibility index (Phi) is 4.37. The molecule has 1 aromatic carbocycles. The first-order valence-electron chi connectivity index (χ1n) is 5.44. The second kappa shape index (κ2) is 6.01. The van der Waals surface area contributed by atoms with E-state index in [-0.39, 0.29) is 0 Å². The van der Waals surface area contributed by atoms with Crippen LogP contribution >= 0.6 is 22.9 Å². The van der Waals surface area contributed by atoms with Crippen molar-refractivity contribution in [2.24, 2.45) is 0 Å². The Bertz CT molecular complexity index is 490. The molecule has 0 aliphatic heterocycles. The van der Waals surface area contributed by atoms with Crippen LogP contribution in [0.5, 0.6) is 0 Å². The fourth-order valence-electron chi connectivity index (χ4n) is 1.55. The molecule has 2 aromatic rings. The van der Waals surface area contributed by atoms with E-state index in [1.165, 1.54) is 15.3 Å². The summed E-state index contributed by atoms with van der Waals surface area (Å²) in [7, 11) is 0. The smallest absolute Gasteiger partial charge is 0.0346 e. The van der Waals surface area contributed by atoms with E-state index in [0.717, 1.165) is 6.54 Å². The highest BCUT2D eigenvalue weighted by molar-refractivity contribution is 7.15. The molecule has 0 spiro atoms. The summed E-state index contributed by atoms with van der Waals surface area (Å²) in [5.41, 5.74) is 1.27. The van der Waals surface area contributed by atoms with Gasteiger partial charge < -0.3 is 5.32 Å². The molecule has 1 heterocycles. The van der Waals surface area contributed by atoms with Crippen LogP contribution in [0.2, 0.25) is 0 Å². The van der Waals surface area contributed by atoms with Gasteiger partial charge in [0.05, 0.1) is 0 Å². The first-order chi connectivity index (χ1) is 8.25. The van der Waals surface area contributed by atoms with Gasteiger partial charge in [-0.2, -0.15) is 0 Å². The molecule has 2 rings (SSSR count). The lowest BCUT2D eigenvalue weighted by Crippen LogP contribution is -2.13. The molecule has 17 heavy (non-hydrogen) atoms. The Hall–Kier alpha value is -1.09.